The predicted molar refractivity (Wildman–Crippen MR) is 87.5 cm³/mol. The zero-order valence-electron chi connectivity index (χ0n) is 11.8. The van der Waals surface area contributed by atoms with Gasteiger partial charge in [-0.25, -0.2) is 0 Å². The highest BCUT2D eigenvalue weighted by Gasteiger charge is 2.26. The zero-order chi connectivity index (χ0) is 15.0. The molecule has 2 heterocycles. The van der Waals surface area contributed by atoms with E-state index in [1.54, 1.807) is 6.20 Å². The zero-order valence-corrected chi connectivity index (χ0v) is 13.4. The van der Waals surface area contributed by atoms with Gasteiger partial charge in [0.1, 0.15) is 0 Å². The van der Waals surface area contributed by atoms with Gasteiger partial charge in [0.15, 0.2) is 0 Å². The molecule has 112 valence electrons. The largest absolute Gasteiger partial charge is 0.398 e. The second-order valence-corrected chi connectivity index (χ2v) is 6.30. The van der Waals surface area contributed by atoms with Gasteiger partial charge in [0.25, 0.3) is 0 Å². The van der Waals surface area contributed by atoms with Crippen molar-refractivity contribution in [1.29, 1.82) is 0 Å². The summed E-state index contributed by atoms with van der Waals surface area (Å²) in [5, 5.41) is 10.3. The third-order valence-corrected chi connectivity index (χ3v) is 4.13. The van der Waals surface area contributed by atoms with Gasteiger partial charge in [0.2, 0.25) is 0 Å². The minimum Gasteiger partial charge on any atom is -0.398 e. The number of nitrogen functional groups attached to an aromatic ring is 1. The van der Waals surface area contributed by atoms with Crippen LogP contribution in [0.4, 0.5) is 11.4 Å². The van der Waals surface area contributed by atoms with Crippen LogP contribution < -0.4 is 10.6 Å². The summed E-state index contributed by atoms with van der Waals surface area (Å²) in [5.41, 5.74) is 8.68. The molecule has 0 spiro atoms. The Bertz CT molecular complexity index is 665. The van der Waals surface area contributed by atoms with Crippen LogP contribution in [-0.4, -0.2) is 42.0 Å². The third kappa shape index (κ3) is 2.84. The van der Waals surface area contributed by atoms with Gasteiger partial charge in [-0.15, -0.1) is 0 Å². The number of halogens is 1. The van der Waals surface area contributed by atoms with Gasteiger partial charge in [-0.3, -0.25) is 4.98 Å². The first kappa shape index (κ1) is 14.6. The smallest absolute Gasteiger partial charge is 0.0984 e. The minimum absolute atomic E-state index is 0.0206. The first-order chi connectivity index (χ1) is 10.1. The Morgan fingerprint density at radius 2 is 2.29 bits per heavy atom. The molecule has 0 bridgehead atoms. The molecule has 5 nitrogen and oxygen atoms in total. The fraction of sp³-hybridized carbons (Fsp3) is 0.400. The average Bonchev–Trinajstić information content (AvgIpc) is 2.47. The van der Waals surface area contributed by atoms with Crippen molar-refractivity contribution in [2.75, 3.05) is 30.3 Å². The predicted octanol–water partition coefficient (Wildman–Crippen LogP) is 2.17. The molecule has 3 rings (SSSR count). The molecule has 6 heteroatoms. The van der Waals surface area contributed by atoms with Crippen molar-refractivity contribution in [2.45, 2.75) is 19.1 Å². The molecule has 3 N–H and O–H groups in total. The molecule has 0 amide bonds. The molecule has 2 atom stereocenters. The number of fused-ring (bicyclic) bond motifs is 1. The number of morpholine rings is 1. The maximum atomic E-state index is 9.37. The fourth-order valence-corrected chi connectivity index (χ4v) is 3.13. The number of aliphatic hydroxyl groups excluding tert-OH is 1. The molecule has 2 aromatic rings. The second kappa shape index (κ2) is 5.79. The van der Waals surface area contributed by atoms with Gasteiger partial charge in [-0.2, -0.15) is 0 Å². The molecular formula is C15H18BrN3O2. The highest BCUT2D eigenvalue weighted by Crippen LogP contribution is 2.32. The number of hydrogen-bond donors (Lipinski definition) is 2. The maximum Gasteiger partial charge on any atom is 0.0984 e. The molecule has 2 unspecified atom stereocenters. The van der Waals surface area contributed by atoms with Crippen molar-refractivity contribution in [3.8, 4) is 0 Å². The molecule has 0 aliphatic carbocycles. The van der Waals surface area contributed by atoms with Gasteiger partial charge >= 0.3 is 0 Å². The normalized spacial score (nSPS) is 22.7. The minimum atomic E-state index is -0.170. The number of aliphatic hydroxyl groups is 1. The molecular weight excluding hydrogens is 334 g/mol. The van der Waals surface area contributed by atoms with E-state index >= 15 is 0 Å². The van der Waals surface area contributed by atoms with Crippen molar-refractivity contribution in [2.24, 2.45) is 0 Å². The summed E-state index contributed by atoms with van der Waals surface area (Å²) in [6.07, 6.45) is 1.68. The topological polar surface area (TPSA) is 71.6 Å². The number of rotatable bonds is 2. The summed E-state index contributed by atoms with van der Waals surface area (Å²) in [7, 11) is 0. The fourth-order valence-electron chi connectivity index (χ4n) is 2.80. The van der Waals surface area contributed by atoms with Crippen LogP contribution in [0, 0.1) is 0 Å². The Hall–Kier alpha value is -1.37. The average molecular weight is 352 g/mol. The lowest BCUT2D eigenvalue weighted by molar-refractivity contribution is -0.0420. The molecule has 1 aliphatic heterocycles. The lowest BCUT2D eigenvalue weighted by Gasteiger charge is -2.37. The first-order valence-corrected chi connectivity index (χ1v) is 7.72. The summed E-state index contributed by atoms with van der Waals surface area (Å²) >= 11 is 3.43. The number of nitrogens with zero attached hydrogens (tertiary/aromatic N) is 2. The van der Waals surface area contributed by atoms with Crippen LogP contribution in [0.5, 0.6) is 0 Å². The Kier molecular flexibility index (Phi) is 4.01. The quantitative estimate of drug-likeness (QED) is 0.811. The molecule has 0 saturated carbocycles. The van der Waals surface area contributed by atoms with E-state index in [0.717, 1.165) is 27.6 Å². The summed E-state index contributed by atoms with van der Waals surface area (Å²) in [6, 6.07) is 5.87. The summed E-state index contributed by atoms with van der Waals surface area (Å²) in [5.74, 6) is 0. The van der Waals surface area contributed by atoms with Crippen molar-refractivity contribution in [1.82, 2.24) is 4.98 Å². The van der Waals surface area contributed by atoms with Gasteiger partial charge in [0, 0.05) is 34.8 Å². The van der Waals surface area contributed by atoms with E-state index in [1.807, 2.05) is 25.1 Å². The van der Waals surface area contributed by atoms with Gasteiger partial charge in [-0.1, -0.05) is 0 Å². The maximum absolute atomic E-state index is 9.37. The number of ether oxygens (including phenoxy) is 1. The highest BCUT2D eigenvalue weighted by atomic mass is 79.9. The third-order valence-electron chi connectivity index (χ3n) is 3.70. The molecule has 1 aliphatic rings. The highest BCUT2D eigenvalue weighted by molar-refractivity contribution is 9.10. The second-order valence-electron chi connectivity index (χ2n) is 5.38. The van der Waals surface area contributed by atoms with Crippen LogP contribution in [0.3, 0.4) is 0 Å². The van der Waals surface area contributed by atoms with Crippen LogP contribution in [0.15, 0.2) is 28.9 Å². The Morgan fingerprint density at radius 1 is 1.48 bits per heavy atom. The van der Waals surface area contributed by atoms with Crippen molar-refractivity contribution in [3.63, 3.8) is 0 Å². The number of hydrogen-bond acceptors (Lipinski definition) is 5. The van der Waals surface area contributed by atoms with E-state index in [1.165, 1.54) is 0 Å². The lowest BCUT2D eigenvalue weighted by atomic mass is 10.1. The van der Waals surface area contributed by atoms with Crippen LogP contribution in [-0.2, 0) is 4.74 Å². The van der Waals surface area contributed by atoms with E-state index < -0.39 is 0 Å². The summed E-state index contributed by atoms with van der Waals surface area (Å²) in [6.45, 7) is 3.45. The first-order valence-electron chi connectivity index (χ1n) is 6.93. The van der Waals surface area contributed by atoms with Crippen LogP contribution in [0.2, 0.25) is 0 Å². The van der Waals surface area contributed by atoms with Gasteiger partial charge < -0.3 is 20.5 Å². The molecule has 1 aromatic heterocycles. The number of anilines is 2. The standard InChI is InChI=1S/C15H18BrN3O2/c1-9-6-19(7-11(8-20)21-9)14-3-2-13(17)12-4-10(16)5-18-15(12)14/h2-5,9,11,20H,6-8,17H2,1H3. The van der Waals surface area contributed by atoms with E-state index in [-0.39, 0.29) is 18.8 Å². The number of nitrogens with two attached hydrogens (primary N) is 1. The molecule has 21 heavy (non-hydrogen) atoms. The van der Waals surface area contributed by atoms with Crippen LogP contribution >= 0.6 is 15.9 Å². The van der Waals surface area contributed by atoms with E-state index in [4.69, 9.17) is 10.5 Å². The van der Waals surface area contributed by atoms with Crippen molar-refractivity contribution >= 4 is 38.2 Å². The van der Waals surface area contributed by atoms with E-state index in [9.17, 15) is 5.11 Å². The monoisotopic (exact) mass is 351 g/mol. The SMILES string of the molecule is CC1CN(c2ccc(N)c3cc(Br)cnc23)CC(CO)O1. The van der Waals surface area contributed by atoms with E-state index in [0.29, 0.717) is 12.2 Å². The Labute approximate surface area is 131 Å². The molecule has 1 saturated heterocycles. The number of aromatic nitrogens is 1. The van der Waals surface area contributed by atoms with Crippen LogP contribution in [0.1, 0.15) is 6.92 Å². The summed E-state index contributed by atoms with van der Waals surface area (Å²) < 4.78 is 6.60. The lowest BCUT2D eigenvalue weighted by Crippen LogP contribution is -2.48. The molecule has 1 fully saturated rings. The Morgan fingerprint density at radius 3 is 3.05 bits per heavy atom. The number of benzene rings is 1. The van der Waals surface area contributed by atoms with Gasteiger partial charge in [-0.05, 0) is 41.1 Å². The summed E-state index contributed by atoms with van der Waals surface area (Å²) in [4.78, 5) is 6.73. The van der Waals surface area contributed by atoms with Crippen molar-refractivity contribution in [3.05, 3.63) is 28.9 Å². The number of pyridine rings is 1. The molecule has 0 radical (unpaired) electrons. The van der Waals surface area contributed by atoms with Gasteiger partial charge in [0.05, 0.1) is 30.0 Å². The molecule has 1 aromatic carbocycles. The van der Waals surface area contributed by atoms with Crippen LogP contribution in [0.25, 0.3) is 10.9 Å². The van der Waals surface area contributed by atoms with Crippen molar-refractivity contribution < 1.29 is 9.84 Å². The van der Waals surface area contributed by atoms with E-state index in [2.05, 4.69) is 25.8 Å². The Balaban J connectivity index is 2.06.